The summed E-state index contributed by atoms with van der Waals surface area (Å²) in [5.74, 6) is -0.381. The SMILES string of the molecule is CN(CCCCN1C(=O)c2ccccc2C1=O)c1cc(N)cc(C[SH](C)(O)=NC(=O)O)c1. The second-order valence-electron chi connectivity index (χ2n) is 8.00. The molecule has 1 aliphatic rings. The van der Waals surface area contributed by atoms with E-state index in [1.165, 1.54) is 11.2 Å². The lowest BCUT2D eigenvalue weighted by Crippen LogP contribution is -2.31. The molecule has 0 bridgehead atoms. The van der Waals surface area contributed by atoms with Crippen molar-refractivity contribution in [3.05, 3.63) is 59.2 Å². The summed E-state index contributed by atoms with van der Waals surface area (Å²) in [6.07, 6.45) is 1.45. The molecule has 0 saturated carbocycles. The number of benzene rings is 2. The Bertz CT molecular complexity index is 1080. The minimum Gasteiger partial charge on any atom is -0.463 e. The van der Waals surface area contributed by atoms with E-state index in [1.54, 1.807) is 36.4 Å². The number of hydrogen-bond donors (Lipinski definition) is 4. The van der Waals surface area contributed by atoms with Crippen molar-refractivity contribution in [3.63, 3.8) is 0 Å². The standard InChI is InChI=1S/C22H28N4O5S/c1-25(17-12-15(11-16(23)13-17)14-32(2,31)24-22(29)30)9-5-6-10-26-20(27)18-7-3-4-8-19(18)21(26)28/h3-4,7-8,11-13,32H,5-6,9-10,14,23H2,1-2H3,(H,24,31)(H,29,30). The van der Waals surface area contributed by atoms with Crippen molar-refractivity contribution in [3.8, 4) is 0 Å². The molecule has 0 saturated heterocycles. The smallest absolute Gasteiger partial charge is 0.437 e. The van der Waals surface area contributed by atoms with E-state index in [9.17, 15) is 18.9 Å². The van der Waals surface area contributed by atoms with Gasteiger partial charge in [-0.3, -0.25) is 14.5 Å². The molecule has 0 radical (unpaired) electrons. The van der Waals surface area contributed by atoms with Gasteiger partial charge in [-0.15, -0.1) is 0 Å². The number of thiol groups is 1. The summed E-state index contributed by atoms with van der Waals surface area (Å²) < 4.78 is 13.7. The van der Waals surface area contributed by atoms with Crippen molar-refractivity contribution in [1.82, 2.24) is 4.90 Å². The quantitative estimate of drug-likeness (QED) is 0.206. The van der Waals surface area contributed by atoms with Crippen LogP contribution in [0, 0.1) is 0 Å². The molecule has 0 fully saturated rings. The molecule has 10 heteroatoms. The van der Waals surface area contributed by atoms with Gasteiger partial charge < -0.3 is 20.3 Å². The molecular weight excluding hydrogens is 432 g/mol. The highest BCUT2D eigenvalue weighted by atomic mass is 32.3. The molecule has 32 heavy (non-hydrogen) atoms. The van der Waals surface area contributed by atoms with Gasteiger partial charge in [-0.2, -0.15) is 4.36 Å². The Morgan fingerprint density at radius 1 is 1.12 bits per heavy atom. The Morgan fingerprint density at radius 3 is 2.34 bits per heavy atom. The van der Waals surface area contributed by atoms with Crippen LogP contribution in [-0.4, -0.2) is 58.9 Å². The van der Waals surface area contributed by atoms with Crippen molar-refractivity contribution in [2.75, 3.05) is 37.0 Å². The lowest BCUT2D eigenvalue weighted by atomic mass is 10.1. The highest BCUT2D eigenvalue weighted by molar-refractivity contribution is 7.98. The topological polar surface area (TPSA) is 137 Å². The van der Waals surface area contributed by atoms with Gasteiger partial charge in [-0.05, 0) is 55.0 Å². The van der Waals surface area contributed by atoms with Gasteiger partial charge in [-0.25, -0.2) is 4.79 Å². The van der Waals surface area contributed by atoms with Gasteiger partial charge in [0.15, 0.2) is 0 Å². The molecule has 0 spiro atoms. The molecule has 0 unspecified atom stereocenters. The number of nitrogens with two attached hydrogens (primary N) is 1. The number of nitrogens with zero attached hydrogens (tertiary/aromatic N) is 3. The van der Waals surface area contributed by atoms with Gasteiger partial charge >= 0.3 is 6.09 Å². The summed E-state index contributed by atoms with van der Waals surface area (Å²) in [6.45, 7) is 1.02. The summed E-state index contributed by atoms with van der Waals surface area (Å²) in [4.78, 5) is 39.0. The average molecular weight is 461 g/mol. The number of unbranched alkanes of at least 4 members (excludes halogenated alkanes) is 1. The molecule has 0 aliphatic carbocycles. The summed E-state index contributed by atoms with van der Waals surface area (Å²) in [5, 5.41) is 8.83. The van der Waals surface area contributed by atoms with E-state index in [2.05, 4.69) is 4.36 Å². The molecule has 1 aliphatic heterocycles. The average Bonchev–Trinajstić information content (AvgIpc) is 2.94. The van der Waals surface area contributed by atoms with Gasteiger partial charge in [0.05, 0.1) is 11.1 Å². The molecule has 3 amide bonds. The van der Waals surface area contributed by atoms with Crippen LogP contribution in [0.1, 0.15) is 39.1 Å². The van der Waals surface area contributed by atoms with Crippen LogP contribution >= 0.6 is 0 Å². The molecule has 172 valence electrons. The number of amides is 3. The second kappa shape index (κ2) is 9.49. The number of rotatable bonds is 8. The fourth-order valence-corrected chi connectivity index (χ4v) is 5.08. The minimum absolute atomic E-state index is 0.116. The first kappa shape index (κ1) is 23.4. The second-order valence-corrected chi connectivity index (χ2v) is 10.7. The Labute approximate surface area is 187 Å². The highest BCUT2D eigenvalue weighted by Gasteiger charge is 2.34. The first-order chi connectivity index (χ1) is 15.1. The van der Waals surface area contributed by atoms with Crippen LogP contribution in [0.2, 0.25) is 0 Å². The maximum Gasteiger partial charge on any atom is 0.437 e. The number of anilines is 2. The Balaban J connectivity index is 1.57. The third-order valence-electron chi connectivity index (χ3n) is 5.23. The molecule has 9 nitrogen and oxygen atoms in total. The zero-order valence-electron chi connectivity index (χ0n) is 18.1. The number of nitrogen functional groups attached to an aromatic ring is 1. The number of fused-ring (bicyclic) bond motifs is 1. The monoisotopic (exact) mass is 460 g/mol. The van der Waals surface area contributed by atoms with Crippen molar-refractivity contribution >= 4 is 39.4 Å². The van der Waals surface area contributed by atoms with E-state index in [-0.39, 0.29) is 17.6 Å². The van der Waals surface area contributed by atoms with Crippen LogP contribution in [0.4, 0.5) is 16.2 Å². The number of imide groups is 1. The zero-order valence-corrected chi connectivity index (χ0v) is 19.0. The number of carbonyl (C=O) groups is 3. The maximum absolute atomic E-state index is 12.4. The predicted octanol–water partition coefficient (Wildman–Crippen LogP) is 3.13. The molecule has 2 aromatic carbocycles. The molecular formula is C22H28N4O5S. The van der Waals surface area contributed by atoms with Crippen LogP contribution in [0.5, 0.6) is 0 Å². The van der Waals surface area contributed by atoms with Crippen LogP contribution in [0.3, 0.4) is 0 Å². The predicted molar refractivity (Wildman–Crippen MR) is 127 cm³/mol. The molecule has 0 atom stereocenters. The maximum atomic E-state index is 12.4. The van der Waals surface area contributed by atoms with Crippen molar-refractivity contribution in [2.45, 2.75) is 18.6 Å². The van der Waals surface area contributed by atoms with Crippen LogP contribution in [0.25, 0.3) is 0 Å². The summed E-state index contributed by atoms with van der Waals surface area (Å²) in [7, 11) is -1.09. The van der Waals surface area contributed by atoms with E-state index >= 15 is 0 Å². The number of carboxylic acid groups (broad SMARTS) is 1. The van der Waals surface area contributed by atoms with Gasteiger partial charge in [0.2, 0.25) is 0 Å². The Hall–Kier alpha value is -3.24. The molecule has 4 N–H and O–H groups in total. The third kappa shape index (κ3) is 5.51. The lowest BCUT2D eigenvalue weighted by Gasteiger charge is -2.23. The highest BCUT2D eigenvalue weighted by Crippen LogP contribution is 2.24. The first-order valence-electron chi connectivity index (χ1n) is 10.2. The fraction of sp³-hybridized carbons (Fsp3) is 0.318. The van der Waals surface area contributed by atoms with Crippen LogP contribution in [-0.2, 0) is 15.9 Å². The first-order valence-corrected chi connectivity index (χ1v) is 12.5. The van der Waals surface area contributed by atoms with Gasteiger partial charge in [0, 0.05) is 37.3 Å². The Kier molecular flexibility index (Phi) is 6.95. The summed E-state index contributed by atoms with van der Waals surface area (Å²) in [5.41, 5.74) is 8.95. The van der Waals surface area contributed by atoms with E-state index in [4.69, 9.17) is 10.8 Å². The lowest BCUT2D eigenvalue weighted by molar-refractivity contribution is 0.0652. The number of hydrogen-bond acceptors (Lipinski definition) is 5. The van der Waals surface area contributed by atoms with Gasteiger partial charge in [-0.1, -0.05) is 22.2 Å². The van der Waals surface area contributed by atoms with Crippen LogP contribution in [0.15, 0.2) is 46.8 Å². The van der Waals surface area contributed by atoms with Gasteiger partial charge in [0.25, 0.3) is 11.8 Å². The van der Waals surface area contributed by atoms with Crippen molar-refractivity contribution in [1.29, 1.82) is 0 Å². The molecule has 0 aromatic heterocycles. The third-order valence-corrected chi connectivity index (χ3v) is 6.79. The fourth-order valence-electron chi connectivity index (χ4n) is 3.77. The Morgan fingerprint density at radius 2 is 1.75 bits per heavy atom. The van der Waals surface area contributed by atoms with Crippen molar-refractivity contribution in [2.24, 2.45) is 4.36 Å². The zero-order chi connectivity index (χ0) is 23.5. The van der Waals surface area contributed by atoms with E-state index in [0.29, 0.717) is 41.9 Å². The van der Waals surface area contributed by atoms with E-state index in [0.717, 1.165) is 12.1 Å². The van der Waals surface area contributed by atoms with E-state index < -0.39 is 16.2 Å². The van der Waals surface area contributed by atoms with Crippen LogP contribution < -0.4 is 10.6 Å². The van der Waals surface area contributed by atoms with Gasteiger partial charge in [0.1, 0.15) is 0 Å². The largest absolute Gasteiger partial charge is 0.463 e. The van der Waals surface area contributed by atoms with Crippen molar-refractivity contribution < 1.29 is 24.0 Å². The van der Waals surface area contributed by atoms with E-state index in [1.807, 2.05) is 18.0 Å². The minimum atomic E-state index is -2.98. The molecule has 3 rings (SSSR count). The summed E-state index contributed by atoms with van der Waals surface area (Å²) >= 11 is 0. The normalized spacial score (nSPS) is 13.8. The molecule has 2 aromatic rings. The molecule has 1 heterocycles. The number of carbonyl (C=O) groups excluding carboxylic acids is 2. The summed E-state index contributed by atoms with van der Waals surface area (Å²) in [6, 6.07) is 12.2.